The molecule has 0 saturated carbocycles. The van der Waals surface area contributed by atoms with Crippen molar-refractivity contribution in [2.24, 2.45) is 0 Å². The van der Waals surface area contributed by atoms with Crippen molar-refractivity contribution in [2.45, 2.75) is 32.8 Å². The lowest BCUT2D eigenvalue weighted by molar-refractivity contribution is 0.199. The highest BCUT2D eigenvalue weighted by Gasteiger charge is 2.12. The smallest absolute Gasteiger partial charge is 0.130 e. The summed E-state index contributed by atoms with van der Waals surface area (Å²) in [5.41, 5.74) is 1.82. The van der Waals surface area contributed by atoms with Gasteiger partial charge in [0.1, 0.15) is 11.5 Å². The first kappa shape index (κ1) is 16.3. The van der Waals surface area contributed by atoms with Crippen molar-refractivity contribution in [1.82, 2.24) is 0 Å². The van der Waals surface area contributed by atoms with Crippen LogP contribution >= 0.6 is 27.5 Å². The molecule has 2 aromatic rings. The Morgan fingerprint density at radius 3 is 2.33 bits per heavy atom. The standard InChI is InChI=1S/C17H18BrClO2/c1-10(2)15-8-12(18)4-7-17(15)21-13-5-6-14(11(3)20)16(19)9-13/h4-11,20H,1-3H3. The molecule has 2 aromatic carbocycles. The van der Waals surface area contributed by atoms with Crippen LogP contribution in [0.1, 0.15) is 43.9 Å². The molecule has 0 aliphatic heterocycles. The largest absolute Gasteiger partial charge is 0.457 e. The minimum absolute atomic E-state index is 0.352. The maximum atomic E-state index is 9.60. The van der Waals surface area contributed by atoms with Crippen molar-refractivity contribution in [1.29, 1.82) is 0 Å². The molecular weight excluding hydrogens is 352 g/mol. The molecule has 0 fully saturated rings. The minimum Gasteiger partial charge on any atom is -0.457 e. The Morgan fingerprint density at radius 2 is 1.76 bits per heavy atom. The number of hydrogen-bond donors (Lipinski definition) is 1. The first-order valence-electron chi connectivity index (χ1n) is 6.83. The molecule has 0 aliphatic rings. The zero-order valence-electron chi connectivity index (χ0n) is 12.2. The maximum Gasteiger partial charge on any atom is 0.130 e. The molecular formula is C17H18BrClO2. The average Bonchev–Trinajstić information content (AvgIpc) is 2.40. The molecule has 1 N–H and O–H groups in total. The minimum atomic E-state index is -0.592. The van der Waals surface area contributed by atoms with Crippen molar-refractivity contribution in [3.63, 3.8) is 0 Å². The van der Waals surface area contributed by atoms with Gasteiger partial charge in [0.25, 0.3) is 0 Å². The summed E-state index contributed by atoms with van der Waals surface area (Å²) < 4.78 is 6.98. The first-order valence-corrected chi connectivity index (χ1v) is 8.00. The third kappa shape index (κ3) is 4.00. The summed E-state index contributed by atoms with van der Waals surface area (Å²) in [7, 11) is 0. The Hall–Kier alpha value is -1.03. The predicted octanol–water partition coefficient (Wildman–Crippen LogP) is 6.07. The van der Waals surface area contributed by atoms with E-state index < -0.39 is 6.10 Å². The van der Waals surface area contributed by atoms with E-state index in [1.165, 1.54) is 0 Å². The fraction of sp³-hybridized carbons (Fsp3) is 0.294. The van der Waals surface area contributed by atoms with E-state index >= 15 is 0 Å². The quantitative estimate of drug-likeness (QED) is 0.708. The van der Waals surface area contributed by atoms with Crippen LogP contribution in [0.4, 0.5) is 0 Å². The number of halogens is 2. The van der Waals surface area contributed by atoms with Gasteiger partial charge in [0.05, 0.1) is 11.1 Å². The predicted molar refractivity (Wildman–Crippen MR) is 90.4 cm³/mol. The molecule has 2 rings (SSSR count). The molecule has 0 saturated heterocycles. The Balaban J connectivity index is 2.32. The summed E-state index contributed by atoms with van der Waals surface area (Å²) in [5.74, 6) is 1.83. The lowest BCUT2D eigenvalue weighted by Gasteiger charge is -2.15. The van der Waals surface area contributed by atoms with Crippen molar-refractivity contribution < 1.29 is 9.84 Å². The Bertz CT molecular complexity index is 639. The van der Waals surface area contributed by atoms with E-state index in [1.807, 2.05) is 18.2 Å². The van der Waals surface area contributed by atoms with Gasteiger partial charge in [-0.1, -0.05) is 47.4 Å². The van der Waals surface area contributed by atoms with Crippen molar-refractivity contribution in [3.8, 4) is 11.5 Å². The topological polar surface area (TPSA) is 29.5 Å². The lowest BCUT2D eigenvalue weighted by Crippen LogP contribution is -1.96. The highest BCUT2D eigenvalue weighted by atomic mass is 79.9. The van der Waals surface area contributed by atoms with Gasteiger partial charge >= 0.3 is 0 Å². The number of aliphatic hydroxyl groups is 1. The Morgan fingerprint density at radius 1 is 1.05 bits per heavy atom. The van der Waals surface area contributed by atoms with Crippen molar-refractivity contribution >= 4 is 27.5 Å². The van der Waals surface area contributed by atoms with Gasteiger partial charge in [-0.25, -0.2) is 0 Å². The van der Waals surface area contributed by atoms with Crippen LogP contribution in [0.2, 0.25) is 5.02 Å². The van der Waals surface area contributed by atoms with Gasteiger partial charge in [0.15, 0.2) is 0 Å². The van der Waals surface area contributed by atoms with Crippen molar-refractivity contribution in [3.05, 3.63) is 57.0 Å². The van der Waals surface area contributed by atoms with Gasteiger partial charge in [-0.2, -0.15) is 0 Å². The summed E-state index contributed by atoms with van der Waals surface area (Å²) in [6.07, 6.45) is -0.592. The summed E-state index contributed by atoms with van der Waals surface area (Å²) in [6, 6.07) is 11.3. The van der Waals surface area contributed by atoms with Crippen molar-refractivity contribution in [2.75, 3.05) is 0 Å². The molecule has 0 spiro atoms. The third-order valence-electron chi connectivity index (χ3n) is 3.24. The summed E-state index contributed by atoms with van der Waals surface area (Å²) >= 11 is 9.65. The van der Waals surface area contributed by atoms with E-state index in [0.29, 0.717) is 22.3 Å². The number of benzene rings is 2. The highest BCUT2D eigenvalue weighted by molar-refractivity contribution is 9.10. The normalized spacial score (nSPS) is 12.5. The summed E-state index contributed by atoms with van der Waals surface area (Å²) in [5, 5.41) is 10.1. The second-order valence-corrected chi connectivity index (χ2v) is 6.62. The maximum absolute atomic E-state index is 9.60. The third-order valence-corrected chi connectivity index (χ3v) is 4.06. The van der Waals surface area contributed by atoms with Crippen LogP contribution in [0.25, 0.3) is 0 Å². The first-order chi connectivity index (χ1) is 9.88. The molecule has 112 valence electrons. The second kappa shape index (κ2) is 6.82. The van der Waals surface area contributed by atoms with Crippen LogP contribution in [0.5, 0.6) is 11.5 Å². The molecule has 0 aliphatic carbocycles. The van der Waals surface area contributed by atoms with Gasteiger partial charge < -0.3 is 9.84 Å². The Labute approximate surface area is 138 Å². The number of rotatable bonds is 4. The van der Waals surface area contributed by atoms with Crippen LogP contribution in [0.3, 0.4) is 0 Å². The Kier molecular flexibility index (Phi) is 5.31. The average molecular weight is 370 g/mol. The van der Waals surface area contributed by atoms with Gasteiger partial charge in [-0.15, -0.1) is 0 Å². The molecule has 0 radical (unpaired) electrons. The molecule has 4 heteroatoms. The number of hydrogen-bond acceptors (Lipinski definition) is 2. The zero-order chi connectivity index (χ0) is 15.6. The van der Waals surface area contributed by atoms with E-state index in [2.05, 4.69) is 35.8 Å². The van der Waals surface area contributed by atoms with E-state index in [0.717, 1.165) is 15.8 Å². The molecule has 0 bridgehead atoms. The fourth-order valence-electron chi connectivity index (χ4n) is 2.10. The van der Waals surface area contributed by atoms with Gasteiger partial charge in [-0.3, -0.25) is 0 Å². The monoisotopic (exact) mass is 368 g/mol. The van der Waals surface area contributed by atoms with E-state index in [9.17, 15) is 5.11 Å². The summed E-state index contributed by atoms with van der Waals surface area (Å²) in [4.78, 5) is 0. The molecule has 2 nitrogen and oxygen atoms in total. The molecule has 0 amide bonds. The van der Waals surface area contributed by atoms with E-state index in [1.54, 1.807) is 19.1 Å². The van der Waals surface area contributed by atoms with Crippen LogP contribution in [-0.4, -0.2) is 5.11 Å². The van der Waals surface area contributed by atoms with Crippen LogP contribution in [0.15, 0.2) is 40.9 Å². The van der Waals surface area contributed by atoms with Crippen LogP contribution in [0, 0.1) is 0 Å². The lowest BCUT2D eigenvalue weighted by atomic mass is 10.0. The van der Waals surface area contributed by atoms with E-state index in [4.69, 9.17) is 16.3 Å². The fourth-order valence-corrected chi connectivity index (χ4v) is 2.81. The summed E-state index contributed by atoms with van der Waals surface area (Å²) in [6.45, 7) is 5.93. The van der Waals surface area contributed by atoms with Crippen LogP contribution in [-0.2, 0) is 0 Å². The molecule has 21 heavy (non-hydrogen) atoms. The molecule has 0 heterocycles. The molecule has 1 atom stereocenters. The number of aliphatic hydroxyl groups excluding tert-OH is 1. The van der Waals surface area contributed by atoms with E-state index in [-0.39, 0.29) is 0 Å². The van der Waals surface area contributed by atoms with Gasteiger partial charge in [0, 0.05) is 4.47 Å². The van der Waals surface area contributed by atoms with Gasteiger partial charge in [0.2, 0.25) is 0 Å². The van der Waals surface area contributed by atoms with Crippen LogP contribution < -0.4 is 4.74 Å². The number of ether oxygens (including phenoxy) is 1. The zero-order valence-corrected chi connectivity index (χ0v) is 14.6. The molecule has 1 unspecified atom stereocenters. The highest BCUT2D eigenvalue weighted by Crippen LogP contribution is 2.35. The second-order valence-electron chi connectivity index (χ2n) is 5.30. The SMILES string of the molecule is CC(C)c1cc(Br)ccc1Oc1ccc(C(C)O)c(Cl)c1. The van der Waals surface area contributed by atoms with Gasteiger partial charge in [-0.05, 0) is 54.3 Å². The molecule has 0 aromatic heterocycles.